The molecule has 25 heavy (non-hydrogen) atoms. The first kappa shape index (κ1) is 18.5. The summed E-state index contributed by atoms with van der Waals surface area (Å²) in [6.07, 6.45) is 0.761. The van der Waals surface area contributed by atoms with Gasteiger partial charge in [0.15, 0.2) is 6.61 Å². The fourth-order valence-corrected chi connectivity index (χ4v) is 2.07. The Kier molecular flexibility index (Phi) is 6.57. The Morgan fingerprint density at radius 2 is 1.52 bits per heavy atom. The van der Waals surface area contributed by atoms with Crippen LogP contribution in [-0.4, -0.2) is 24.6 Å². The number of hydrogen-bond donors (Lipinski definition) is 0. The Bertz CT molecular complexity index is 702. The van der Waals surface area contributed by atoms with Gasteiger partial charge in [0.05, 0.1) is 11.7 Å². The molecule has 0 aliphatic carbocycles. The SMILES string of the molecule is CCc1ccc(OCC(=O)Oc2ccc(C(=O)OC(C)C)cc2)cc1. The molecular formula is C20H22O5. The summed E-state index contributed by atoms with van der Waals surface area (Å²) in [5, 5.41) is 0. The van der Waals surface area contributed by atoms with E-state index in [9.17, 15) is 9.59 Å². The highest BCUT2D eigenvalue weighted by Gasteiger charge is 2.11. The lowest BCUT2D eigenvalue weighted by molar-refractivity contribution is -0.136. The number of rotatable bonds is 7. The molecule has 0 spiro atoms. The molecule has 0 heterocycles. The van der Waals surface area contributed by atoms with Gasteiger partial charge in [-0.05, 0) is 62.2 Å². The highest BCUT2D eigenvalue weighted by Crippen LogP contribution is 2.15. The average molecular weight is 342 g/mol. The topological polar surface area (TPSA) is 61.8 Å². The molecule has 0 saturated carbocycles. The van der Waals surface area contributed by atoms with Crippen molar-refractivity contribution in [2.24, 2.45) is 0 Å². The molecule has 2 aromatic carbocycles. The Morgan fingerprint density at radius 3 is 2.08 bits per heavy atom. The normalized spacial score (nSPS) is 10.4. The summed E-state index contributed by atoms with van der Waals surface area (Å²) >= 11 is 0. The molecule has 0 N–H and O–H groups in total. The van der Waals surface area contributed by atoms with Gasteiger partial charge in [-0.15, -0.1) is 0 Å². The van der Waals surface area contributed by atoms with Gasteiger partial charge >= 0.3 is 11.9 Å². The minimum Gasteiger partial charge on any atom is -0.482 e. The van der Waals surface area contributed by atoms with Crippen molar-refractivity contribution in [3.8, 4) is 11.5 Å². The van der Waals surface area contributed by atoms with E-state index in [2.05, 4.69) is 6.92 Å². The van der Waals surface area contributed by atoms with E-state index in [1.165, 1.54) is 5.56 Å². The van der Waals surface area contributed by atoms with Gasteiger partial charge in [0, 0.05) is 0 Å². The number of esters is 2. The van der Waals surface area contributed by atoms with Gasteiger partial charge in [-0.25, -0.2) is 9.59 Å². The van der Waals surface area contributed by atoms with Crippen molar-refractivity contribution < 1.29 is 23.8 Å². The summed E-state index contributed by atoms with van der Waals surface area (Å²) in [6, 6.07) is 13.7. The van der Waals surface area contributed by atoms with Crippen molar-refractivity contribution in [2.45, 2.75) is 33.3 Å². The van der Waals surface area contributed by atoms with E-state index in [1.54, 1.807) is 38.1 Å². The van der Waals surface area contributed by atoms with E-state index in [4.69, 9.17) is 14.2 Å². The standard InChI is InChI=1S/C20H22O5/c1-4-15-5-9-17(10-6-15)23-13-19(21)25-18-11-7-16(8-12-18)20(22)24-14(2)3/h5-12,14H,4,13H2,1-3H3. The maximum atomic E-state index is 11.8. The maximum absolute atomic E-state index is 11.8. The van der Waals surface area contributed by atoms with Crippen LogP contribution in [-0.2, 0) is 16.0 Å². The molecular weight excluding hydrogens is 320 g/mol. The number of carbonyl (C=O) groups is 2. The molecule has 0 aromatic heterocycles. The largest absolute Gasteiger partial charge is 0.482 e. The van der Waals surface area contributed by atoms with Crippen LogP contribution in [0.25, 0.3) is 0 Å². The molecule has 0 aliphatic rings. The second kappa shape index (κ2) is 8.87. The fourth-order valence-electron chi connectivity index (χ4n) is 2.07. The van der Waals surface area contributed by atoms with E-state index >= 15 is 0 Å². The van der Waals surface area contributed by atoms with Crippen LogP contribution in [0, 0.1) is 0 Å². The van der Waals surface area contributed by atoms with Crippen molar-refractivity contribution in [1.82, 2.24) is 0 Å². The van der Waals surface area contributed by atoms with Crippen LogP contribution in [0.15, 0.2) is 48.5 Å². The zero-order chi connectivity index (χ0) is 18.2. The maximum Gasteiger partial charge on any atom is 0.349 e. The van der Waals surface area contributed by atoms with Gasteiger partial charge in [0.2, 0.25) is 0 Å². The van der Waals surface area contributed by atoms with Gasteiger partial charge in [-0.1, -0.05) is 19.1 Å². The predicted octanol–water partition coefficient (Wildman–Crippen LogP) is 3.80. The molecule has 0 atom stereocenters. The lowest BCUT2D eigenvalue weighted by Gasteiger charge is -2.09. The number of hydrogen-bond acceptors (Lipinski definition) is 5. The zero-order valence-electron chi connectivity index (χ0n) is 14.7. The van der Waals surface area contributed by atoms with Crippen LogP contribution in [0.5, 0.6) is 11.5 Å². The van der Waals surface area contributed by atoms with Crippen LogP contribution in [0.4, 0.5) is 0 Å². The van der Waals surface area contributed by atoms with Crippen LogP contribution in [0.2, 0.25) is 0 Å². The Hall–Kier alpha value is -2.82. The molecule has 132 valence electrons. The summed E-state index contributed by atoms with van der Waals surface area (Å²) in [5.74, 6) is 0.0285. The van der Waals surface area contributed by atoms with Crippen LogP contribution >= 0.6 is 0 Å². The van der Waals surface area contributed by atoms with Crippen molar-refractivity contribution in [3.63, 3.8) is 0 Å². The molecule has 0 fully saturated rings. The van der Waals surface area contributed by atoms with E-state index in [-0.39, 0.29) is 12.7 Å². The summed E-state index contributed by atoms with van der Waals surface area (Å²) < 4.78 is 15.7. The molecule has 0 saturated heterocycles. The Balaban J connectivity index is 1.84. The monoisotopic (exact) mass is 342 g/mol. The van der Waals surface area contributed by atoms with Gasteiger partial charge in [0.25, 0.3) is 0 Å². The summed E-state index contributed by atoms with van der Waals surface area (Å²) in [7, 11) is 0. The summed E-state index contributed by atoms with van der Waals surface area (Å²) in [6.45, 7) is 5.44. The molecule has 5 nitrogen and oxygen atoms in total. The molecule has 0 aliphatic heterocycles. The molecule has 2 rings (SSSR count). The third kappa shape index (κ3) is 5.95. The van der Waals surface area contributed by atoms with Gasteiger partial charge in [-0.3, -0.25) is 0 Å². The first-order chi connectivity index (χ1) is 12.0. The molecule has 5 heteroatoms. The number of aryl methyl sites for hydroxylation is 1. The molecule has 0 amide bonds. The minimum atomic E-state index is -0.517. The molecule has 0 unspecified atom stereocenters. The van der Waals surface area contributed by atoms with Crippen molar-refractivity contribution >= 4 is 11.9 Å². The predicted molar refractivity (Wildman–Crippen MR) is 93.9 cm³/mol. The molecule has 0 bridgehead atoms. The van der Waals surface area contributed by atoms with E-state index < -0.39 is 11.9 Å². The van der Waals surface area contributed by atoms with Crippen molar-refractivity contribution in [1.29, 1.82) is 0 Å². The third-order valence-electron chi connectivity index (χ3n) is 3.35. The van der Waals surface area contributed by atoms with Crippen LogP contribution < -0.4 is 9.47 Å². The zero-order valence-corrected chi connectivity index (χ0v) is 14.7. The first-order valence-electron chi connectivity index (χ1n) is 8.21. The van der Waals surface area contributed by atoms with Crippen molar-refractivity contribution in [2.75, 3.05) is 6.61 Å². The Labute approximate surface area is 147 Å². The number of benzene rings is 2. The quantitative estimate of drug-likeness (QED) is 0.566. The summed E-state index contributed by atoms with van der Waals surface area (Å²) in [4.78, 5) is 23.6. The summed E-state index contributed by atoms with van der Waals surface area (Å²) in [5.41, 5.74) is 1.60. The smallest absolute Gasteiger partial charge is 0.349 e. The molecule has 0 radical (unpaired) electrons. The van der Waals surface area contributed by atoms with Crippen LogP contribution in [0.3, 0.4) is 0 Å². The average Bonchev–Trinajstić information content (AvgIpc) is 2.60. The van der Waals surface area contributed by atoms with Gasteiger partial charge < -0.3 is 14.2 Å². The second-order valence-electron chi connectivity index (χ2n) is 5.74. The van der Waals surface area contributed by atoms with E-state index in [1.807, 2.05) is 24.3 Å². The first-order valence-corrected chi connectivity index (χ1v) is 8.21. The molecule has 2 aromatic rings. The Morgan fingerprint density at radius 1 is 0.920 bits per heavy atom. The van der Waals surface area contributed by atoms with Crippen LogP contribution in [0.1, 0.15) is 36.7 Å². The van der Waals surface area contributed by atoms with Gasteiger partial charge in [0.1, 0.15) is 11.5 Å². The number of carbonyl (C=O) groups excluding carboxylic acids is 2. The second-order valence-corrected chi connectivity index (χ2v) is 5.74. The minimum absolute atomic E-state index is 0.187. The van der Waals surface area contributed by atoms with E-state index in [0.717, 1.165) is 6.42 Å². The van der Waals surface area contributed by atoms with Crippen molar-refractivity contribution in [3.05, 3.63) is 59.7 Å². The third-order valence-corrected chi connectivity index (χ3v) is 3.35. The lowest BCUT2D eigenvalue weighted by atomic mass is 10.2. The number of ether oxygens (including phenoxy) is 3. The highest BCUT2D eigenvalue weighted by atomic mass is 16.6. The highest BCUT2D eigenvalue weighted by molar-refractivity contribution is 5.89. The van der Waals surface area contributed by atoms with Gasteiger partial charge in [-0.2, -0.15) is 0 Å². The van der Waals surface area contributed by atoms with E-state index in [0.29, 0.717) is 17.1 Å². The lowest BCUT2D eigenvalue weighted by Crippen LogP contribution is -2.17. The fraction of sp³-hybridized carbons (Fsp3) is 0.300.